The molecule has 0 aliphatic heterocycles. The molecular weight excluding hydrogens is 227 g/mol. The lowest BCUT2D eigenvalue weighted by atomic mass is 10.1. The third kappa shape index (κ3) is 4.62. The van der Waals surface area contributed by atoms with Crippen LogP contribution in [0, 0.1) is 12.7 Å². The SMILES string of the molecule is CC.CC.Cc1cc(F)ccc1-c1ncccn1. The highest BCUT2D eigenvalue weighted by atomic mass is 19.1. The largest absolute Gasteiger partial charge is 0.237 e. The lowest BCUT2D eigenvalue weighted by Crippen LogP contribution is -1.90. The van der Waals surface area contributed by atoms with E-state index in [2.05, 4.69) is 9.97 Å². The van der Waals surface area contributed by atoms with E-state index in [0.29, 0.717) is 5.82 Å². The van der Waals surface area contributed by atoms with E-state index >= 15 is 0 Å². The number of halogens is 1. The summed E-state index contributed by atoms with van der Waals surface area (Å²) < 4.78 is 12.8. The highest BCUT2D eigenvalue weighted by molar-refractivity contribution is 5.59. The molecular formula is C15H21FN2. The molecule has 3 heteroatoms. The fourth-order valence-corrected chi connectivity index (χ4v) is 1.32. The number of hydrogen-bond donors (Lipinski definition) is 0. The fraction of sp³-hybridized carbons (Fsp3) is 0.333. The topological polar surface area (TPSA) is 25.8 Å². The highest BCUT2D eigenvalue weighted by Crippen LogP contribution is 2.19. The summed E-state index contributed by atoms with van der Waals surface area (Å²) in [4.78, 5) is 8.21. The van der Waals surface area contributed by atoms with E-state index < -0.39 is 0 Å². The third-order valence-corrected chi connectivity index (χ3v) is 2.00. The Hall–Kier alpha value is -1.77. The Morgan fingerprint density at radius 1 is 0.944 bits per heavy atom. The van der Waals surface area contributed by atoms with Crippen LogP contribution in [0.2, 0.25) is 0 Å². The molecule has 2 nitrogen and oxygen atoms in total. The summed E-state index contributed by atoms with van der Waals surface area (Å²) in [5.41, 5.74) is 1.71. The van der Waals surface area contributed by atoms with E-state index in [4.69, 9.17) is 0 Å². The normalized spacial score (nSPS) is 8.56. The van der Waals surface area contributed by atoms with Gasteiger partial charge in [0.2, 0.25) is 0 Å². The van der Waals surface area contributed by atoms with Gasteiger partial charge in [-0.1, -0.05) is 27.7 Å². The Morgan fingerprint density at radius 2 is 1.50 bits per heavy atom. The van der Waals surface area contributed by atoms with Gasteiger partial charge < -0.3 is 0 Å². The standard InChI is InChI=1S/C11H9FN2.2C2H6/c1-8-7-9(12)3-4-10(8)11-13-5-2-6-14-11;2*1-2/h2-7H,1H3;2*1-2H3. The molecule has 0 spiro atoms. The maximum Gasteiger partial charge on any atom is 0.159 e. The van der Waals surface area contributed by atoms with Gasteiger partial charge >= 0.3 is 0 Å². The van der Waals surface area contributed by atoms with E-state index in [0.717, 1.165) is 11.1 Å². The molecule has 0 atom stereocenters. The molecule has 18 heavy (non-hydrogen) atoms. The number of nitrogens with zero attached hydrogens (tertiary/aromatic N) is 2. The second kappa shape index (κ2) is 9.28. The molecule has 0 N–H and O–H groups in total. The van der Waals surface area contributed by atoms with Gasteiger partial charge in [-0.25, -0.2) is 14.4 Å². The van der Waals surface area contributed by atoms with Crippen molar-refractivity contribution in [3.05, 3.63) is 48.0 Å². The molecule has 1 heterocycles. The Balaban J connectivity index is 0.000000659. The van der Waals surface area contributed by atoms with Crippen molar-refractivity contribution in [2.75, 3.05) is 0 Å². The number of aromatic nitrogens is 2. The fourth-order valence-electron chi connectivity index (χ4n) is 1.32. The first-order valence-electron chi connectivity index (χ1n) is 6.31. The Bertz CT molecular complexity index is 442. The lowest BCUT2D eigenvalue weighted by molar-refractivity contribution is 0.627. The number of benzene rings is 1. The number of rotatable bonds is 1. The van der Waals surface area contributed by atoms with Crippen LogP contribution in [0.4, 0.5) is 4.39 Å². The Kier molecular flexibility index (Phi) is 8.37. The molecule has 0 aliphatic rings. The van der Waals surface area contributed by atoms with E-state index in [-0.39, 0.29) is 5.82 Å². The zero-order chi connectivity index (χ0) is 14.0. The smallest absolute Gasteiger partial charge is 0.159 e. The minimum Gasteiger partial charge on any atom is -0.237 e. The van der Waals surface area contributed by atoms with Crippen LogP contribution in [0.3, 0.4) is 0 Å². The van der Waals surface area contributed by atoms with Crippen molar-refractivity contribution < 1.29 is 4.39 Å². The van der Waals surface area contributed by atoms with Crippen LogP contribution in [0.25, 0.3) is 11.4 Å². The second-order valence-electron chi connectivity index (χ2n) is 3.03. The second-order valence-corrected chi connectivity index (χ2v) is 3.03. The molecule has 0 saturated heterocycles. The molecule has 0 saturated carbocycles. The summed E-state index contributed by atoms with van der Waals surface area (Å²) in [6.07, 6.45) is 3.34. The zero-order valence-electron chi connectivity index (χ0n) is 11.7. The summed E-state index contributed by atoms with van der Waals surface area (Å²) in [5, 5.41) is 0. The first-order chi connectivity index (χ1) is 8.77. The van der Waals surface area contributed by atoms with Crippen LogP contribution in [0.1, 0.15) is 33.3 Å². The van der Waals surface area contributed by atoms with E-state index in [1.165, 1.54) is 12.1 Å². The van der Waals surface area contributed by atoms with E-state index in [1.807, 2.05) is 34.6 Å². The molecule has 0 amide bonds. The van der Waals surface area contributed by atoms with Crippen LogP contribution in [0.5, 0.6) is 0 Å². The van der Waals surface area contributed by atoms with Crippen molar-refractivity contribution >= 4 is 0 Å². The maximum atomic E-state index is 12.8. The van der Waals surface area contributed by atoms with E-state index in [9.17, 15) is 4.39 Å². The summed E-state index contributed by atoms with van der Waals surface area (Å²) in [7, 11) is 0. The van der Waals surface area contributed by atoms with Gasteiger partial charge in [-0.2, -0.15) is 0 Å². The number of aryl methyl sites for hydroxylation is 1. The zero-order valence-corrected chi connectivity index (χ0v) is 11.7. The van der Waals surface area contributed by atoms with Crippen molar-refractivity contribution in [2.24, 2.45) is 0 Å². The van der Waals surface area contributed by atoms with Gasteiger partial charge in [-0.15, -0.1) is 0 Å². The third-order valence-electron chi connectivity index (χ3n) is 2.00. The number of hydrogen-bond acceptors (Lipinski definition) is 2. The van der Waals surface area contributed by atoms with Crippen molar-refractivity contribution in [2.45, 2.75) is 34.6 Å². The predicted octanol–water partition coefficient (Wildman–Crippen LogP) is 4.64. The van der Waals surface area contributed by atoms with Crippen molar-refractivity contribution in [3.8, 4) is 11.4 Å². The van der Waals surface area contributed by atoms with Crippen LogP contribution in [-0.4, -0.2) is 9.97 Å². The van der Waals surface area contributed by atoms with Crippen LogP contribution in [0.15, 0.2) is 36.7 Å². The molecule has 2 rings (SSSR count). The average molecular weight is 248 g/mol. The first kappa shape index (κ1) is 16.2. The molecule has 1 aromatic carbocycles. The molecule has 0 fully saturated rings. The van der Waals surface area contributed by atoms with Gasteiger partial charge in [-0.05, 0) is 36.8 Å². The van der Waals surface area contributed by atoms with Gasteiger partial charge in [0.15, 0.2) is 5.82 Å². The molecule has 0 aliphatic carbocycles. The molecule has 2 aromatic rings. The minimum absolute atomic E-state index is 0.234. The predicted molar refractivity (Wildman–Crippen MR) is 74.9 cm³/mol. The van der Waals surface area contributed by atoms with Crippen LogP contribution < -0.4 is 0 Å². The summed E-state index contributed by atoms with van der Waals surface area (Å²) in [6, 6.07) is 6.34. The molecule has 0 bridgehead atoms. The molecule has 0 radical (unpaired) electrons. The Morgan fingerprint density at radius 3 is 2.00 bits per heavy atom. The van der Waals surface area contributed by atoms with E-state index in [1.54, 1.807) is 24.5 Å². The molecule has 98 valence electrons. The monoisotopic (exact) mass is 248 g/mol. The van der Waals surface area contributed by atoms with Gasteiger partial charge in [0, 0.05) is 18.0 Å². The quantitative estimate of drug-likeness (QED) is 0.734. The van der Waals surface area contributed by atoms with Crippen molar-refractivity contribution in [1.82, 2.24) is 9.97 Å². The lowest BCUT2D eigenvalue weighted by Gasteiger charge is -2.02. The maximum absolute atomic E-state index is 12.8. The van der Waals surface area contributed by atoms with Crippen LogP contribution in [-0.2, 0) is 0 Å². The molecule has 0 unspecified atom stereocenters. The van der Waals surface area contributed by atoms with Gasteiger partial charge in [0.25, 0.3) is 0 Å². The minimum atomic E-state index is -0.234. The van der Waals surface area contributed by atoms with Gasteiger partial charge in [0.1, 0.15) is 5.82 Å². The van der Waals surface area contributed by atoms with Crippen molar-refractivity contribution in [1.29, 1.82) is 0 Å². The first-order valence-corrected chi connectivity index (χ1v) is 6.31. The van der Waals surface area contributed by atoms with Crippen molar-refractivity contribution in [3.63, 3.8) is 0 Å². The van der Waals surface area contributed by atoms with Crippen LogP contribution >= 0.6 is 0 Å². The summed E-state index contributed by atoms with van der Waals surface area (Å²) in [5.74, 6) is 0.396. The van der Waals surface area contributed by atoms with Gasteiger partial charge in [-0.3, -0.25) is 0 Å². The van der Waals surface area contributed by atoms with Gasteiger partial charge in [0.05, 0.1) is 0 Å². The summed E-state index contributed by atoms with van der Waals surface area (Å²) >= 11 is 0. The summed E-state index contributed by atoms with van der Waals surface area (Å²) in [6.45, 7) is 9.84. The molecule has 1 aromatic heterocycles. The highest BCUT2D eigenvalue weighted by Gasteiger charge is 2.04. The average Bonchev–Trinajstić information content (AvgIpc) is 2.44. The Labute approximate surface area is 109 Å².